The van der Waals surface area contributed by atoms with Crippen molar-refractivity contribution in [2.24, 2.45) is 0 Å². The van der Waals surface area contributed by atoms with E-state index in [0.717, 1.165) is 7.11 Å². The Balaban J connectivity index is 3.41. The zero-order chi connectivity index (χ0) is 11.6. The number of carbonyl (C=O) groups excluding carboxylic acids is 1. The van der Waals surface area contributed by atoms with Crippen LogP contribution in [0.1, 0.15) is 20.7 Å². The molecule has 0 atom stereocenters. The van der Waals surface area contributed by atoms with Gasteiger partial charge >= 0.3 is 11.9 Å². The number of esters is 1. The number of aromatic carboxylic acids is 1. The Morgan fingerprint density at radius 2 is 1.93 bits per heavy atom. The van der Waals surface area contributed by atoms with Crippen molar-refractivity contribution >= 4 is 11.9 Å². The molecule has 1 aromatic rings. The Morgan fingerprint density at radius 1 is 1.33 bits per heavy atom. The molecule has 80 valence electrons. The number of phenols is 1. The van der Waals surface area contributed by atoms with Crippen LogP contribution < -0.4 is 0 Å². The summed E-state index contributed by atoms with van der Waals surface area (Å²) < 4.78 is 17.1. The Hall–Kier alpha value is -2.11. The molecule has 0 aliphatic heterocycles. The summed E-state index contributed by atoms with van der Waals surface area (Å²) >= 11 is 0. The number of carbonyl (C=O) groups is 2. The van der Waals surface area contributed by atoms with Crippen LogP contribution in [0.3, 0.4) is 0 Å². The summed E-state index contributed by atoms with van der Waals surface area (Å²) in [5.74, 6) is -4.35. The van der Waals surface area contributed by atoms with Crippen molar-refractivity contribution in [1.29, 1.82) is 0 Å². The molecule has 5 nitrogen and oxygen atoms in total. The molecule has 0 aliphatic carbocycles. The van der Waals surface area contributed by atoms with E-state index < -0.39 is 34.6 Å². The number of halogens is 1. The molecular weight excluding hydrogens is 207 g/mol. The van der Waals surface area contributed by atoms with E-state index in [1.165, 1.54) is 0 Å². The topological polar surface area (TPSA) is 83.8 Å². The fourth-order valence-electron chi connectivity index (χ4n) is 1.02. The van der Waals surface area contributed by atoms with Crippen molar-refractivity contribution in [3.05, 3.63) is 29.1 Å². The molecule has 0 radical (unpaired) electrons. The summed E-state index contributed by atoms with van der Waals surface area (Å²) in [5.41, 5.74) is -0.957. The predicted molar refractivity (Wildman–Crippen MR) is 46.4 cm³/mol. The lowest BCUT2D eigenvalue weighted by atomic mass is 10.1. The van der Waals surface area contributed by atoms with E-state index in [1.54, 1.807) is 0 Å². The monoisotopic (exact) mass is 214 g/mol. The molecule has 0 aromatic heterocycles. The minimum atomic E-state index is -1.48. The van der Waals surface area contributed by atoms with E-state index in [-0.39, 0.29) is 0 Å². The summed E-state index contributed by atoms with van der Waals surface area (Å²) in [6.07, 6.45) is 0. The standard InChI is InChI=1S/C9H7FO5/c1-15-9(14)5-3-7(11)6(10)2-4(5)8(12)13/h2-3,11H,1H3,(H,12,13). The van der Waals surface area contributed by atoms with Gasteiger partial charge in [-0.3, -0.25) is 0 Å². The molecule has 15 heavy (non-hydrogen) atoms. The van der Waals surface area contributed by atoms with E-state index in [2.05, 4.69) is 4.74 Å². The van der Waals surface area contributed by atoms with Crippen LogP contribution in [-0.4, -0.2) is 29.3 Å². The fourth-order valence-corrected chi connectivity index (χ4v) is 1.02. The first kappa shape index (κ1) is 11.0. The highest BCUT2D eigenvalue weighted by atomic mass is 19.1. The number of phenolic OH excluding ortho intramolecular Hbond substituents is 1. The third kappa shape index (κ3) is 2.04. The average Bonchev–Trinajstić information content (AvgIpc) is 2.20. The summed E-state index contributed by atoms with van der Waals surface area (Å²) in [6, 6.07) is 1.27. The maximum absolute atomic E-state index is 12.8. The van der Waals surface area contributed by atoms with Crippen molar-refractivity contribution in [3.8, 4) is 5.75 Å². The highest BCUT2D eigenvalue weighted by Gasteiger charge is 2.20. The second kappa shape index (κ2) is 3.95. The average molecular weight is 214 g/mol. The van der Waals surface area contributed by atoms with Crippen molar-refractivity contribution in [1.82, 2.24) is 0 Å². The van der Waals surface area contributed by atoms with Crippen molar-refractivity contribution in [2.75, 3.05) is 7.11 Å². The first-order valence-electron chi connectivity index (χ1n) is 3.81. The summed E-state index contributed by atoms with van der Waals surface area (Å²) in [4.78, 5) is 21.7. The van der Waals surface area contributed by atoms with Gasteiger partial charge in [0.05, 0.1) is 18.2 Å². The number of carboxylic acid groups (broad SMARTS) is 1. The van der Waals surface area contributed by atoms with Gasteiger partial charge in [0.25, 0.3) is 0 Å². The van der Waals surface area contributed by atoms with Gasteiger partial charge in [0, 0.05) is 0 Å². The third-order valence-corrected chi connectivity index (χ3v) is 1.72. The number of hydrogen-bond donors (Lipinski definition) is 2. The summed E-state index contributed by atoms with van der Waals surface area (Å²) in [6.45, 7) is 0. The van der Waals surface area contributed by atoms with Crippen LogP contribution >= 0.6 is 0 Å². The molecule has 0 heterocycles. The van der Waals surface area contributed by atoms with E-state index in [9.17, 15) is 14.0 Å². The van der Waals surface area contributed by atoms with Crippen LogP contribution in [0.15, 0.2) is 12.1 Å². The molecule has 0 fully saturated rings. The predicted octanol–water partition coefficient (Wildman–Crippen LogP) is 1.02. The van der Waals surface area contributed by atoms with Crippen LogP contribution in [0, 0.1) is 5.82 Å². The Labute approximate surface area is 83.7 Å². The van der Waals surface area contributed by atoms with E-state index in [1.807, 2.05) is 0 Å². The zero-order valence-corrected chi connectivity index (χ0v) is 7.65. The normalized spacial score (nSPS) is 9.73. The maximum atomic E-state index is 12.8. The van der Waals surface area contributed by atoms with Crippen LogP contribution in [0.4, 0.5) is 4.39 Å². The molecule has 0 saturated carbocycles. The van der Waals surface area contributed by atoms with Crippen molar-refractivity contribution in [3.63, 3.8) is 0 Å². The lowest BCUT2D eigenvalue weighted by molar-refractivity contribution is 0.0582. The number of carboxylic acids is 1. The van der Waals surface area contributed by atoms with Gasteiger partial charge in [0.15, 0.2) is 11.6 Å². The van der Waals surface area contributed by atoms with Gasteiger partial charge < -0.3 is 14.9 Å². The van der Waals surface area contributed by atoms with Crippen LogP contribution in [0.2, 0.25) is 0 Å². The number of ether oxygens (including phenoxy) is 1. The second-order valence-electron chi connectivity index (χ2n) is 2.65. The minimum Gasteiger partial charge on any atom is -0.505 e. The number of hydrogen-bond acceptors (Lipinski definition) is 4. The summed E-state index contributed by atoms with van der Waals surface area (Å²) in [7, 11) is 1.05. The Bertz CT molecular complexity index is 427. The second-order valence-corrected chi connectivity index (χ2v) is 2.65. The van der Waals surface area contributed by atoms with Crippen LogP contribution in [0.5, 0.6) is 5.75 Å². The van der Waals surface area contributed by atoms with Crippen molar-refractivity contribution < 1.29 is 28.9 Å². The van der Waals surface area contributed by atoms with Gasteiger partial charge in [-0.2, -0.15) is 0 Å². The molecule has 0 aliphatic rings. The maximum Gasteiger partial charge on any atom is 0.338 e. The van der Waals surface area contributed by atoms with E-state index >= 15 is 0 Å². The molecule has 0 amide bonds. The Kier molecular flexibility index (Phi) is 2.89. The highest BCUT2D eigenvalue weighted by Crippen LogP contribution is 2.21. The smallest absolute Gasteiger partial charge is 0.338 e. The first-order valence-corrected chi connectivity index (χ1v) is 3.81. The highest BCUT2D eigenvalue weighted by molar-refractivity contribution is 6.02. The molecule has 0 unspecified atom stereocenters. The molecule has 6 heteroatoms. The number of rotatable bonds is 2. The number of benzene rings is 1. The molecule has 1 rings (SSSR count). The number of aromatic hydroxyl groups is 1. The van der Waals surface area contributed by atoms with E-state index in [4.69, 9.17) is 10.2 Å². The number of methoxy groups -OCH3 is 1. The van der Waals surface area contributed by atoms with Gasteiger partial charge in [-0.1, -0.05) is 0 Å². The molecule has 1 aromatic carbocycles. The Morgan fingerprint density at radius 3 is 2.40 bits per heavy atom. The SMILES string of the molecule is COC(=O)c1cc(O)c(F)cc1C(=O)O. The molecule has 0 bridgehead atoms. The fraction of sp³-hybridized carbons (Fsp3) is 0.111. The lowest BCUT2D eigenvalue weighted by Gasteiger charge is -2.05. The largest absolute Gasteiger partial charge is 0.505 e. The zero-order valence-electron chi connectivity index (χ0n) is 7.65. The van der Waals surface area contributed by atoms with Crippen LogP contribution in [0.25, 0.3) is 0 Å². The van der Waals surface area contributed by atoms with Gasteiger partial charge in [-0.25, -0.2) is 14.0 Å². The van der Waals surface area contributed by atoms with Gasteiger partial charge in [0.1, 0.15) is 0 Å². The van der Waals surface area contributed by atoms with Gasteiger partial charge in [-0.05, 0) is 12.1 Å². The third-order valence-electron chi connectivity index (χ3n) is 1.72. The van der Waals surface area contributed by atoms with E-state index in [0.29, 0.717) is 12.1 Å². The molecule has 2 N–H and O–H groups in total. The van der Waals surface area contributed by atoms with Crippen molar-refractivity contribution in [2.45, 2.75) is 0 Å². The quantitative estimate of drug-likeness (QED) is 0.718. The molecular formula is C9H7FO5. The lowest BCUT2D eigenvalue weighted by Crippen LogP contribution is -2.10. The molecule has 0 saturated heterocycles. The van der Waals surface area contributed by atoms with Gasteiger partial charge in [0.2, 0.25) is 0 Å². The molecule has 0 spiro atoms. The minimum absolute atomic E-state index is 0.399. The first-order chi connectivity index (χ1) is 6.97. The van der Waals surface area contributed by atoms with Crippen LogP contribution in [-0.2, 0) is 4.74 Å². The summed E-state index contributed by atoms with van der Waals surface area (Å²) in [5, 5.41) is 17.6. The van der Waals surface area contributed by atoms with Gasteiger partial charge in [-0.15, -0.1) is 0 Å².